The van der Waals surface area contributed by atoms with Crippen molar-refractivity contribution in [2.24, 2.45) is 0 Å². The number of rotatable bonds is 3. The van der Waals surface area contributed by atoms with Crippen molar-refractivity contribution in [3.63, 3.8) is 0 Å². The van der Waals surface area contributed by atoms with Gasteiger partial charge in [0, 0.05) is 16.7 Å². The fourth-order valence-electron chi connectivity index (χ4n) is 1.22. The van der Waals surface area contributed by atoms with Gasteiger partial charge in [-0.25, -0.2) is 0 Å². The first kappa shape index (κ1) is 12.5. The number of aryl methyl sites for hydroxylation is 1. The summed E-state index contributed by atoms with van der Waals surface area (Å²) in [5, 5.41) is 6.95. The normalized spacial score (nSPS) is 9.80. The van der Waals surface area contributed by atoms with Crippen LogP contribution >= 0.6 is 28.1 Å². The van der Waals surface area contributed by atoms with Crippen LogP contribution in [0.25, 0.3) is 0 Å². The van der Waals surface area contributed by atoms with E-state index in [4.69, 9.17) is 12.2 Å². The third-order valence-corrected chi connectivity index (χ3v) is 2.54. The molecule has 0 radical (unpaired) electrons. The van der Waals surface area contributed by atoms with Crippen LogP contribution in [-0.4, -0.2) is 11.7 Å². The highest BCUT2D eigenvalue weighted by molar-refractivity contribution is 9.10. The van der Waals surface area contributed by atoms with E-state index in [1.165, 1.54) is 5.56 Å². The maximum atomic E-state index is 5.15. The van der Waals surface area contributed by atoms with Crippen molar-refractivity contribution in [3.05, 3.63) is 28.2 Å². The van der Waals surface area contributed by atoms with Crippen LogP contribution in [0.2, 0.25) is 0 Å². The van der Waals surface area contributed by atoms with E-state index in [9.17, 15) is 0 Å². The van der Waals surface area contributed by atoms with Crippen molar-refractivity contribution in [2.75, 3.05) is 11.9 Å². The fraction of sp³-hybridized carbons (Fsp3) is 0.364. The molecule has 0 aromatic heterocycles. The van der Waals surface area contributed by atoms with Crippen molar-refractivity contribution in [1.82, 2.24) is 5.32 Å². The van der Waals surface area contributed by atoms with Gasteiger partial charge in [-0.05, 0) is 49.3 Å². The average molecular weight is 287 g/mol. The number of benzene rings is 1. The van der Waals surface area contributed by atoms with E-state index in [-0.39, 0.29) is 0 Å². The molecule has 0 spiro atoms. The number of halogens is 1. The monoisotopic (exact) mass is 286 g/mol. The van der Waals surface area contributed by atoms with Crippen LogP contribution in [0, 0.1) is 6.92 Å². The zero-order valence-electron chi connectivity index (χ0n) is 8.93. The van der Waals surface area contributed by atoms with Crippen LogP contribution < -0.4 is 10.6 Å². The quantitative estimate of drug-likeness (QED) is 0.833. The second-order valence-electron chi connectivity index (χ2n) is 3.40. The first-order valence-corrected chi connectivity index (χ1v) is 6.14. The molecule has 0 saturated carbocycles. The molecule has 82 valence electrons. The summed E-state index contributed by atoms with van der Waals surface area (Å²) in [7, 11) is 0. The lowest BCUT2D eigenvalue weighted by molar-refractivity contribution is 0.846. The van der Waals surface area contributed by atoms with Crippen LogP contribution in [0.4, 0.5) is 5.69 Å². The van der Waals surface area contributed by atoms with Crippen LogP contribution in [-0.2, 0) is 0 Å². The Bertz CT molecular complexity index is 332. The second kappa shape index (κ2) is 6.08. The number of nitrogens with one attached hydrogen (secondary N) is 2. The third-order valence-electron chi connectivity index (χ3n) is 1.84. The third kappa shape index (κ3) is 4.62. The Morgan fingerprint density at radius 2 is 2.13 bits per heavy atom. The van der Waals surface area contributed by atoms with Gasteiger partial charge in [0.2, 0.25) is 0 Å². The predicted molar refractivity (Wildman–Crippen MR) is 73.4 cm³/mol. The molecular weight excluding hydrogens is 272 g/mol. The molecule has 0 aliphatic carbocycles. The molecule has 0 fully saturated rings. The first-order chi connectivity index (χ1) is 7.11. The summed E-state index contributed by atoms with van der Waals surface area (Å²) in [6, 6.07) is 6.13. The van der Waals surface area contributed by atoms with Crippen molar-refractivity contribution in [2.45, 2.75) is 20.3 Å². The smallest absolute Gasteiger partial charge is 0.170 e. The second-order valence-corrected chi connectivity index (χ2v) is 4.72. The zero-order chi connectivity index (χ0) is 11.3. The molecule has 0 heterocycles. The summed E-state index contributed by atoms with van der Waals surface area (Å²) < 4.78 is 1.06. The van der Waals surface area contributed by atoms with E-state index in [1.807, 2.05) is 6.07 Å². The molecule has 1 aromatic rings. The molecule has 4 heteroatoms. The van der Waals surface area contributed by atoms with E-state index < -0.39 is 0 Å². The summed E-state index contributed by atoms with van der Waals surface area (Å²) in [4.78, 5) is 0. The van der Waals surface area contributed by atoms with Gasteiger partial charge in [-0.1, -0.05) is 22.9 Å². The van der Waals surface area contributed by atoms with Crippen molar-refractivity contribution in [3.8, 4) is 0 Å². The van der Waals surface area contributed by atoms with Gasteiger partial charge in [0.25, 0.3) is 0 Å². The first-order valence-electron chi connectivity index (χ1n) is 4.94. The molecule has 0 saturated heterocycles. The average Bonchev–Trinajstić information content (AvgIpc) is 2.13. The maximum Gasteiger partial charge on any atom is 0.170 e. The molecule has 1 rings (SSSR count). The highest BCUT2D eigenvalue weighted by Crippen LogP contribution is 2.18. The van der Waals surface area contributed by atoms with E-state index in [0.717, 1.165) is 23.1 Å². The number of anilines is 1. The van der Waals surface area contributed by atoms with Crippen molar-refractivity contribution >= 4 is 38.9 Å². The van der Waals surface area contributed by atoms with E-state index in [0.29, 0.717) is 5.11 Å². The molecule has 2 nitrogen and oxygen atoms in total. The molecule has 0 aliphatic rings. The lowest BCUT2D eigenvalue weighted by Gasteiger charge is -2.10. The molecule has 0 unspecified atom stereocenters. The lowest BCUT2D eigenvalue weighted by atomic mass is 10.2. The molecule has 1 aromatic carbocycles. The standard InChI is InChI=1S/C11H15BrN2S/c1-3-4-13-11(15)14-10-6-8(2)5-9(12)7-10/h5-7H,3-4H2,1-2H3,(H2,13,14,15). The van der Waals surface area contributed by atoms with Gasteiger partial charge in [-0.2, -0.15) is 0 Å². The minimum Gasteiger partial charge on any atom is -0.362 e. The summed E-state index contributed by atoms with van der Waals surface area (Å²) in [5.41, 5.74) is 2.21. The topological polar surface area (TPSA) is 24.1 Å². The Morgan fingerprint density at radius 1 is 1.40 bits per heavy atom. The summed E-state index contributed by atoms with van der Waals surface area (Å²) in [5.74, 6) is 0. The molecule has 15 heavy (non-hydrogen) atoms. The minimum atomic E-state index is 0.675. The van der Waals surface area contributed by atoms with Crippen molar-refractivity contribution < 1.29 is 0 Å². The minimum absolute atomic E-state index is 0.675. The fourth-order valence-corrected chi connectivity index (χ4v) is 2.05. The SMILES string of the molecule is CCCNC(=S)Nc1cc(C)cc(Br)c1. The van der Waals surface area contributed by atoms with Gasteiger partial charge in [-0.3, -0.25) is 0 Å². The predicted octanol–water partition coefficient (Wildman–Crippen LogP) is 3.45. The Morgan fingerprint density at radius 3 is 2.73 bits per heavy atom. The summed E-state index contributed by atoms with van der Waals surface area (Å²) in [6.45, 7) is 5.07. The van der Waals surface area contributed by atoms with Gasteiger partial charge in [-0.15, -0.1) is 0 Å². The van der Waals surface area contributed by atoms with Gasteiger partial charge >= 0.3 is 0 Å². The number of thiocarbonyl (C=S) groups is 1. The largest absolute Gasteiger partial charge is 0.362 e. The van der Waals surface area contributed by atoms with Crippen LogP contribution in [0.15, 0.2) is 22.7 Å². The number of hydrogen-bond acceptors (Lipinski definition) is 1. The van der Waals surface area contributed by atoms with E-state index in [1.54, 1.807) is 0 Å². The summed E-state index contributed by atoms with van der Waals surface area (Å²) >= 11 is 8.60. The molecule has 2 N–H and O–H groups in total. The van der Waals surface area contributed by atoms with Gasteiger partial charge in [0.15, 0.2) is 5.11 Å². The maximum absolute atomic E-state index is 5.15. The lowest BCUT2D eigenvalue weighted by Crippen LogP contribution is -2.28. The number of hydrogen-bond donors (Lipinski definition) is 2. The van der Waals surface area contributed by atoms with Crippen LogP contribution in [0.3, 0.4) is 0 Å². The van der Waals surface area contributed by atoms with Crippen LogP contribution in [0.1, 0.15) is 18.9 Å². The highest BCUT2D eigenvalue weighted by atomic mass is 79.9. The Kier molecular flexibility index (Phi) is 5.05. The van der Waals surface area contributed by atoms with Crippen molar-refractivity contribution in [1.29, 1.82) is 0 Å². The zero-order valence-corrected chi connectivity index (χ0v) is 11.3. The van der Waals surface area contributed by atoms with Gasteiger partial charge < -0.3 is 10.6 Å². The molecule has 0 aliphatic heterocycles. The summed E-state index contributed by atoms with van der Waals surface area (Å²) in [6.07, 6.45) is 1.07. The Balaban J connectivity index is 2.60. The van der Waals surface area contributed by atoms with Gasteiger partial charge in [0.1, 0.15) is 0 Å². The molecular formula is C11H15BrN2S. The van der Waals surface area contributed by atoms with Gasteiger partial charge in [0.05, 0.1) is 0 Å². The Hall–Kier alpha value is -0.610. The Labute approximate surface area is 105 Å². The molecule has 0 bridgehead atoms. The van der Waals surface area contributed by atoms with E-state index in [2.05, 4.69) is 52.5 Å². The highest BCUT2D eigenvalue weighted by Gasteiger charge is 1.98. The van der Waals surface area contributed by atoms with Crippen LogP contribution in [0.5, 0.6) is 0 Å². The molecule has 0 amide bonds. The van der Waals surface area contributed by atoms with E-state index >= 15 is 0 Å². The molecule has 0 atom stereocenters.